The molecule has 0 radical (unpaired) electrons. The number of carbonyl (C=O) groups excluding carboxylic acids is 3. The molecule has 11 N–H and O–H groups in total. The second kappa shape index (κ2) is 23.9. The molecule has 0 amide bonds. The molecule has 3 heterocycles. The van der Waals surface area contributed by atoms with Crippen LogP contribution in [0, 0.1) is 50.2 Å². The van der Waals surface area contributed by atoms with Crippen LogP contribution in [0.3, 0.4) is 0 Å². The van der Waals surface area contributed by atoms with Crippen molar-refractivity contribution in [1.29, 1.82) is 0 Å². The number of aliphatic hydroxyl groups excluding tert-OH is 11. The zero-order valence-corrected chi connectivity index (χ0v) is 49.3. The lowest BCUT2D eigenvalue weighted by molar-refractivity contribution is -0.396. The minimum atomic E-state index is -1.95. The Bertz CT molecular complexity index is 2430. The van der Waals surface area contributed by atoms with Crippen molar-refractivity contribution in [3.8, 4) is 0 Å². The van der Waals surface area contributed by atoms with Crippen molar-refractivity contribution in [2.24, 2.45) is 50.2 Å². The highest BCUT2D eigenvalue weighted by Gasteiger charge is 2.74. The minimum Gasteiger partial charge on any atom is -0.459 e. The predicted octanol–water partition coefficient (Wildman–Crippen LogP) is 1.09. The van der Waals surface area contributed by atoms with Gasteiger partial charge in [0.25, 0.3) is 0 Å². The topological polar surface area (TPSA) is 357 Å². The van der Waals surface area contributed by atoms with E-state index in [-0.39, 0.29) is 36.0 Å². The van der Waals surface area contributed by atoms with Gasteiger partial charge < -0.3 is 98.8 Å². The van der Waals surface area contributed by atoms with Crippen LogP contribution in [-0.2, 0) is 57.0 Å². The monoisotopic (exact) mass is 1170 g/mol. The summed E-state index contributed by atoms with van der Waals surface area (Å²) in [5, 5.41) is 123. The van der Waals surface area contributed by atoms with E-state index in [9.17, 15) is 70.6 Å². The summed E-state index contributed by atoms with van der Waals surface area (Å²) < 4.78 is 55.0. The Morgan fingerprint density at radius 1 is 0.634 bits per heavy atom. The standard InChI is InChI=1S/C59H92O23/c1-13-26(3)48(71)78-43-28(5)74-52(42(70)44(43)79-49(72)27(4)14-2)81-46-47(75-29(6)63)59(25-62)31(21-54(46,7)8)30-15-16-34-55(9)19-18-36(56(10,24-61)33(55)17-20-57(34,11)58(30,12)22-35(59)64)77-53-45(39(67)40(68)50(73)82-53)80-51-41(69)38(66)37(65)32(23-60)76-51/h13-15,28,31-47,50-53,60-62,64-70,73H,16-25H2,1-12H3. The molecular weight excluding hydrogens is 1080 g/mol. The number of ether oxygens (including phenoxy) is 9. The number of fused-ring (bicyclic) bond motifs is 7. The van der Waals surface area contributed by atoms with E-state index >= 15 is 0 Å². The first-order chi connectivity index (χ1) is 38.3. The highest BCUT2D eigenvalue weighted by atomic mass is 16.8. The molecule has 27 atom stereocenters. The summed E-state index contributed by atoms with van der Waals surface area (Å²) in [5.41, 5.74) is -3.68. The molecule has 27 unspecified atom stereocenters. The quantitative estimate of drug-likeness (QED) is 0.0381. The maximum absolute atomic E-state index is 13.4. The van der Waals surface area contributed by atoms with Crippen molar-refractivity contribution in [2.45, 2.75) is 245 Å². The van der Waals surface area contributed by atoms with E-state index < -0.39 is 186 Å². The number of aliphatic hydroxyl groups is 11. The van der Waals surface area contributed by atoms with Crippen molar-refractivity contribution < 1.29 is 113 Å². The van der Waals surface area contributed by atoms with Crippen LogP contribution in [0.4, 0.5) is 0 Å². The van der Waals surface area contributed by atoms with Crippen molar-refractivity contribution >= 4 is 17.9 Å². The fourth-order valence-electron chi connectivity index (χ4n) is 16.5. The lowest BCUT2D eigenvalue weighted by Crippen LogP contribution is -2.73. The Morgan fingerprint density at radius 2 is 1.26 bits per heavy atom. The molecule has 8 rings (SSSR count). The molecule has 3 aliphatic heterocycles. The first-order valence-electron chi connectivity index (χ1n) is 29.1. The molecule has 0 bridgehead atoms. The molecule has 0 aromatic carbocycles. The van der Waals surface area contributed by atoms with E-state index in [0.29, 0.717) is 38.5 Å². The fourth-order valence-corrected chi connectivity index (χ4v) is 16.5. The van der Waals surface area contributed by atoms with Gasteiger partial charge >= 0.3 is 17.9 Å². The second-order valence-electron chi connectivity index (χ2n) is 26.5. The van der Waals surface area contributed by atoms with Crippen molar-refractivity contribution in [1.82, 2.24) is 0 Å². The van der Waals surface area contributed by atoms with Gasteiger partial charge in [0.15, 0.2) is 37.4 Å². The van der Waals surface area contributed by atoms with Gasteiger partial charge in [-0.2, -0.15) is 0 Å². The molecule has 7 fully saturated rings. The van der Waals surface area contributed by atoms with Gasteiger partial charge in [0, 0.05) is 23.5 Å². The van der Waals surface area contributed by atoms with Gasteiger partial charge in [0.1, 0.15) is 61.0 Å². The smallest absolute Gasteiger partial charge is 0.333 e. The highest BCUT2D eigenvalue weighted by molar-refractivity contribution is 5.88. The van der Waals surface area contributed by atoms with E-state index in [1.54, 1.807) is 33.8 Å². The Balaban J connectivity index is 1.08. The number of allylic oxidation sites excluding steroid dienone is 4. The molecule has 0 aromatic heterocycles. The molecule has 0 spiro atoms. The Morgan fingerprint density at radius 3 is 1.84 bits per heavy atom. The van der Waals surface area contributed by atoms with E-state index in [1.807, 2.05) is 20.8 Å². The van der Waals surface area contributed by atoms with Crippen LogP contribution in [0.25, 0.3) is 0 Å². The molecule has 23 nitrogen and oxygen atoms in total. The van der Waals surface area contributed by atoms with Crippen molar-refractivity contribution in [3.05, 3.63) is 34.9 Å². The number of hydrogen-bond acceptors (Lipinski definition) is 23. The number of rotatable bonds is 14. The molecule has 0 aromatic rings. The minimum absolute atomic E-state index is 0.0484. The van der Waals surface area contributed by atoms with Crippen molar-refractivity contribution in [2.75, 3.05) is 19.8 Å². The van der Waals surface area contributed by atoms with Gasteiger partial charge in [-0.3, -0.25) is 4.79 Å². The molecule has 3 saturated heterocycles. The Kier molecular flexibility index (Phi) is 18.9. The maximum atomic E-state index is 13.4. The van der Waals surface area contributed by atoms with Crippen LogP contribution in [0.5, 0.6) is 0 Å². The van der Waals surface area contributed by atoms with Crippen LogP contribution < -0.4 is 0 Å². The summed E-state index contributed by atoms with van der Waals surface area (Å²) in [4.78, 5) is 39.9. The third-order valence-electron chi connectivity index (χ3n) is 21.7. The molecule has 8 aliphatic rings. The summed E-state index contributed by atoms with van der Waals surface area (Å²) in [6.07, 6.45) is -20.8. The zero-order valence-electron chi connectivity index (χ0n) is 49.3. The second-order valence-corrected chi connectivity index (χ2v) is 26.5. The largest absolute Gasteiger partial charge is 0.459 e. The van der Waals surface area contributed by atoms with Gasteiger partial charge in [-0.05, 0) is 119 Å². The van der Waals surface area contributed by atoms with Crippen LogP contribution in [0.15, 0.2) is 34.9 Å². The van der Waals surface area contributed by atoms with Gasteiger partial charge in [0.2, 0.25) is 0 Å². The van der Waals surface area contributed by atoms with Crippen LogP contribution in [0.1, 0.15) is 128 Å². The van der Waals surface area contributed by atoms with Crippen molar-refractivity contribution in [3.63, 3.8) is 0 Å². The van der Waals surface area contributed by atoms with Gasteiger partial charge in [-0.15, -0.1) is 0 Å². The Labute approximate surface area is 479 Å². The van der Waals surface area contributed by atoms with Gasteiger partial charge in [-0.25, -0.2) is 9.59 Å². The third-order valence-corrected chi connectivity index (χ3v) is 21.7. The van der Waals surface area contributed by atoms with Gasteiger partial charge in [-0.1, -0.05) is 65.3 Å². The average Bonchev–Trinajstić information content (AvgIpc) is 0.811. The summed E-state index contributed by atoms with van der Waals surface area (Å²) in [5.74, 6) is -3.03. The molecule has 82 heavy (non-hydrogen) atoms. The number of esters is 3. The van der Waals surface area contributed by atoms with E-state index in [1.165, 1.54) is 19.9 Å². The first kappa shape index (κ1) is 64.9. The fraction of sp³-hybridized carbons (Fsp3) is 0.847. The van der Waals surface area contributed by atoms with Crippen LogP contribution >= 0.6 is 0 Å². The highest BCUT2D eigenvalue weighted by Crippen LogP contribution is 2.76. The zero-order chi connectivity index (χ0) is 60.7. The molecule has 4 saturated carbocycles. The Hall–Kier alpha value is -3.05. The molecule has 5 aliphatic carbocycles. The van der Waals surface area contributed by atoms with E-state index in [0.717, 1.165) is 5.57 Å². The normalized spacial score (nSPS) is 49.4. The molecular formula is C59H92O23. The molecule has 23 heteroatoms. The maximum Gasteiger partial charge on any atom is 0.333 e. The number of hydrogen-bond donors (Lipinski definition) is 11. The van der Waals surface area contributed by atoms with Gasteiger partial charge in [0.05, 0.1) is 43.5 Å². The predicted molar refractivity (Wildman–Crippen MR) is 285 cm³/mol. The number of carbonyl (C=O) groups is 3. The van der Waals surface area contributed by atoms with Crippen LogP contribution in [0.2, 0.25) is 0 Å². The van der Waals surface area contributed by atoms with E-state index in [2.05, 4.69) is 26.8 Å². The lowest BCUT2D eigenvalue weighted by Gasteiger charge is -2.73. The SMILES string of the molecule is CC=C(C)C(=O)OC1C(C)OC(OC2C(OC(C)=O)C3(CO)C(O)CC4(C)C(=CCC5C6(C)CCC(OC7OC(O)C(O)C(O)C7OC7OC(CO)C(O)C(O)C7O)C(C)(CO)C6CCC54C)C3CC2(C)C)C(O)C1OC(=O)C(C)=CC. The third kappa shape index (κ3) is 10.6. The summed E-state index contributed by atoms with van der Waals surface area (Å²) in [6.45, 7) is 19.9. The lowest BCUT2D eigenvalue weighted by atomic mass is 9.33. The average molecular weight is 1170 g/mol. The van der Waals surface area contributed by atoms with Crippen LogP contribution in [-0.4, -0.2) is 211 Å². The summed E-state index contributed by atoms with van der Waals surface area (Å²) in [6, 6.07) is 0. The summed E-state index contributed by atoms with van der Waals surface area (Å²) >= 11 is 0. The van der Waals surface area contributed by atoms with E-state index in [4.69, 9.17) is 42.6 Å². The molecule has 466 valence electrons. The first-order valence-corrected chi connectivity index (χ1v) is 29.1. The summed E-state index contributed by atoms with van der Waals surface area (Å²) in [7, 11) is 0.